The Bertz CT molecular complexity index is 948. The minimum absolute atomic E-state index is 0.120. The van der Waals surface area contributed by atoms with E-state index < -0.39 is 0 Å². The van der Waals surface area contributed by atoms with Crippen molar-refractivity contribution in [3.63, 3.8) is 0 Å². The van der Waals surface area contributed by atoms with E-state index in [4.69, 9.17) is 0 Å². The van der Waals surface area contributed by atoms with E-state index >= 15 is 0 Å². The minimum atomic E-state index is 0.120. The summed E-state index contributed by atoms with van der Waals surface area (Å²) in [5, 5.41) is 0. The summed E-state index contributed by atoms with van der Waals surface area (Å²) in [7, 11) is 0. The molecular weight excluding hydrogens is 360 g/mol. The fourth-order valence-corrected chi connectivity index (χ4v) is 3.32. The second-order valence-electron chi connectivity index (χ2n) is 6.90. The largest absolute Gasteiger partial charge is 0.313 e. The molecule has 4 nitrogen and oxygen atoms in total. The van der Waals surface area contributed by atoms with Gasteiger partial charge in [-0.25, -0.2) is 0 Å². The standard InChI is InChI=1S/C25H26N2O2/c1-3-25(29)27(4-2)23-14-12-21(13-15-23)20-8-10-22(11-9-20)24(28)16-7-19-6-5-17-26-18-19/h5-6,8-15,17-18H,3-4,7,16H2,1-2H3. The average molecular weight is 386 g/mol. The third-order valence-electron chi connectivity index (χ3n) is 5.00. The molecule has 0 atom stereocenters. The van der Waals surface area contributed by atoms with Crippen LogP contribution in [0, 0.1) is 0 Å². The molecule has 0 aliphatic heterocycles. The van der Waals surface area contributed by atoms with Gasteiger partial charge in [-0.05, 0) is 48.2 Å². The number of hydrogen-bond acceptors (Lipinski definition) is 3. The zero-order chi connectivity index (χ0) is 20.6. The molecule has 4 heteroatoms. The molecule has 3 rings (SSSR count). The average Bonchev–Trinajstić information content (AvgIpc) is 2.79. The summed E-state index contributed by atoms with van der Waals surface area (Å²) in [6.07, 6.45) is 5.19. The number of aryl methyl sites for hydroxylation is 1. The van der Waals surface area contributed by atoms with Gasteiger partial charge in [-0.1, -0.05) is 49.4 Å². The van der Waals surface area contributed by atoms with Crippen molar-refractivity contribution in [1.29, 1.82) is 0 Å². The van der Waals surface area contributed by atoms with E-state index in [2.05, 4.69) is 4.98 Å². The second-order valence-corrected chi connectivity index (χ2v) is 6.90. The van der Waals surface area contributed by atoms with Crippen LogP contribution in [0.3, 0.4) is 0 Å². The van der Waals surface area contributed by atoms with Gasteiger partial charge in [-0.15, -0.1) is 0 Å². The van der Waals surface area contributed by atoms with Crippen LogP contribution in [0.1, 0.15) is 42.6 Å². The molecule has 0 N–H and O–H groups in total. The van der Waals surface area contributed by atoms with Crippen molar-refractivity contribution in [2.75, 3.05) is 11.4 Å². The Morgan fingerprint density at radius 3 is 2.10 bits per heavy atom. The predicted molar refractivity (Wildman–Crippen MR) is 117 cm³/mol. The van der Waals surface area contributed by atoms with E-state index in [1.165, 1.54) is 0 Å². The van der Waals surface area contributed by atoms with Crippen molar-refractivity contribution >= 4 is 17.4 Å². The van der Waals surface area contributed by atoms with Gasteiger partial charge < -0.3 is 4.90 Å². The van der Waals surface area contributed by atoms with Crippen LogP contribution in [0.15, 0.2) is 73.1 Å². The Labute approximate surface area is 172 Å². The maximum atomic E-state index is 12.5. The van der Waals surface area contributed by atoms with Crippen molar-refractivity contribution in [3.8, 4) is 11.1 Å². The molecule has 0 radical (unpaired) electrons. The third kappa shape index (κ3) is 5.17. The first kappa shape index (κ1) is 20.5. The zero-order valence-electron chi connectivity index (χ0n) is 17.0. The quantitative estimate of drug-likeness (QED) is 0.492. The van der Waals surface area contributed by atoms with Crippen molar-refractivity contribution in [1.82, 2.24) is 4.98 Å². The van der Waals surface area contributed by atoms with E-state index in [1.54, 1.807) is 17.3 Å². The van der Waals surface area contributed by atoms with Crippen LogP contribution in [0.4, 0.5) is 5.69 Å². The van der Waals surface area contributed by atoms with Crippen molar-refractivity contribution in [2.45, 2.75) is 33.1 Å². The van der Waals surface area contributed by atoms with Gasteiger partial charge in [0, 0.05) is 43.0 Å². The number of aromatic nitrogens is 1. The Hall–Kier alpha value is -3.27. The first-order valence-electron chi connectivity index (χ1n) is 10.0. The number of hydrogen-bond donors (Lipinski definition) is 0. The van der Waals surface area contributed by atoms with Gasteiger partial charge in [0.2, 0.25) is 5.91 Å². The Morgan fingerprint density at radius 2 is 1.55 bits per heavy atom. The molecule has 2 aromatic carbocycles. The van der Waals surface area contributed by atoms with E-state index in [-0.39, 0.29) is 11.7 Å². The van der Waals surface area contributed by atoms with Gasteiger partial charge in [0.25, 0.3) is 0 Å². The number of rotatable bonds is 8. The van der Waals surface area contributed by atoms with Gasteiger partial charge in [-0.2, -0.15) is 0 Å². The molecule has 29 heavy (non-hydrogen) atoms. The summed E-state index contributed by atoms with van der Waals surface area (Å²) in [4.78, 5) is 30.4. The van der Waals surface area contributed by atoms with E-state index in [0.717, 1.165) is 27.9 Å². The SMILES string of the molecule is CCC(=O)N(CC)c1ccc(-c2ccc(C(=O)CCc3cccnc3)cc2)cc1. The highest BCUT2D eigenvalue weighted by atomic mass is 16.2. The summed E-state index contributed by atoms with van der Waals surface area (Å²) < 4.78 is 0. The van der Waals surface area contributed by atoms with Crippen LogP contribution in [-0.2, 0) is 11.2 Å². The molecule has 0 bridgehead atoms. The highest BCUT2D eigenvalue weighted by molar-refractivity contribution is 5.96. The van der Waals surface area contributed by atoms with Crippen molar-refractivity contribution in [3.05, 3.63) is 84.2 Å². The van der Waals surface area contributed by atoms with Gasteiger partial charge in [0.05, 0.1) is 0 Å². The Kier molecular flexibility index (Phi) is 6.90. The van der Waals surface area contributed by atoms with Crippen molar-refractivity contribution in [2.24, 2.45) is 0 Å². The number of nitrogens with zero attached hydrogens (tertiary/aromatic N) is 2. The van der Waals surface area contributed by atoms with Crippen LogP contribution < -0.4 is 4.90 Å². The number of pyridine rings is 1. The minimum Gasteiger partial charge on any atom is -0.313 e. The predicted octanol–water partition coefficient (Wildman–Crippen LogP) is 5.33. The lowest BCUT2D eigenvalue weighted by atomic mass is 9.99. The number of amides is 1. The summed E-state index contributed by atoms with van der Waals surface area (Å²) in [5.41, 5.74) is 4.80. The van der Waals surface area contributed by atoms with Crippen molar-refractivity contribution < 1.29 is 9.59 Å². The number of benzene rings is 2. The third-order valence-corrected chi connectivity index (χ3v) is 5.00. The van der Waals surface area contributed by atoms with E-state index in [1.807, 2.05) is 74.5 Å². The Balaban J connectivity index is 1.66. The van der Waals surface area contributed by atoms with Crippen LogP contribution >= 0.6 is 0 Å². The summed E-state index contributed by atoms with van der Waals surface area (Å²) in [6.45, 7) is 4.51. The first-order valence-corrected chi connectivity index (χ1v) is 10.0. The molecule has 148 valence electrons. The smallest absolute Gasteiger partial charge is 0.226 e. The number of carbonyl (C=O) groups excluding carboxylic acids is 2. The number of Topliss-reactive ketones (excluding diaryl/α,β-unsaturated/α-hetero) is 1. The summed E-state index contributed by atoms with van der Waals surface area (Å²) in [6, 6.07) is 19.6. The van der Waals surface area contributed by atoms with Gasteiger partial charge >= 0.3 is 0 Å². The highest BCUT2D eigenvalue weighted by Crippen LogP contribution is 2.24. The molecule has 0 saturated carbocycles. The van der Waals surface area contributed by atoms with Crippen LogP contribution in [-0.4, -0.2) is 23.2 Å². The molecule has 1 amide bonds. The number of carbonyl (C=O) groups is 2. The zero-order valence-corrected chi connectivity index (χ0v) is 17.0. The molecule has 0 unspecified atom stereocenters. The molecular formula is C25H26N2O2. The lowest BCUT2D eigenvalue weighted by molar-refractivity contribution is -0.118. The molecule has 0 aliphatic rings. The van der Waals surface area contributed by atoms with Crippen LogP contribution in [0.2, 0.25) is 0 Å². The molecule has 1 heterocycles. The molecule has 0 aliphatic carbocycles. The fourth-order valence-electron chi connectivity index (χ4n) is 3.32. The molecule has 0 fully saturated rings. The lowest BCUT2D eigenvalue weighted by Crippen LogP contribution is -2.29. The highest BCUT2D eigenvalue weighted by Gasteiger charge is 2.12. The van der Waals surface area contributed by atoms with Gasteiger partial charge in [0.1, 0.15) is 0 Å². The molecule has 1 aromatic heterocycles. The van der Waals surface area contributed by atoms with Gasteiger partial charge in [-0.3, -0.25) is 14.6 Å². The number of ketones is 1. The van der Waals surface area contributed by atoms with Gasteiger partial charge in [0.15, 0.2) is 5.78 Å². The fraction of sp³-hybridized carbons (Fsp3) is 0.240. The van der Waals surface area contributed by atoms with E-state index in [9.17, 15) is 9.59 Å². The van der Waals surface area contributed by atoms with Crippen LogP contribution in [0.25, 0.3) is 11.1 Å². The Morgan fingerprint density at radius 1 is 0.897 bits per heavy atom. The maximum absolute atomic E-state index is 12.5. The molecule has 0 saturated heterocycles. The summed E-state index contributed by atoms with van der Waals surface area (Å²) in [5.74, 6) is 0.252. The topological polar surface area (TPSA) is 50.3 Å². The normalized spacial score (nSPS) is 10.6. The van der Waals surface area contributed by atoms with Crippen LogP contribution in [0.5, 0.6) is 0 Å². The lowest BCUT2D eigenvalue weighted by Gasteiger charge is -2.20. The first-order chi connectivity index (χ1) is 14.1. The second kappa shape index (κ2) is 9.78. The number of anilines is 1. The molecule has 3 aromatic rings. The summed E-state index contributed by atoms with van der Waals surface area (Å²) >= 11 is 0. The maximum Gasteiger partial charge on any atom is 0.226 e. The molecule has 0 spiro atoms. The monoisotopic (exact) mass is 386 g/mol. The van der Waals surface area contributed by atoms with E-state index in [0.29, 0.717) is 25.8 Å².